The highest BCUT2D eigenvalue weighted by molar-refractivity contribution is 9.10. The van der Waals surface area contributed by atoms with Crippen molar-refractivity contribution in [1.82, 2.24) is 4.98 Å². The number of benzene rings is 2. The molecule has 0 aliphatic heterocycles. The van der Waals surface area contributed by atoms with Crippen LogP contribution in [0.5, 0.6) is 0 Å². The van der Waals surface area contributed by atoms with E-state index in [4.69, 9.17) is 0 Å². The second-order valence-electron chi connectivity index (χ2n) is 4.83. The van der Waals surface area contributed by atoms with Gasteiger partial charge in [0, 0.05) is 26.6 Å². The standard InChI is InChI=1S/C16H11BrF3N/c17-11-6-7-13-12(8-11)15(10-4-2-1-3-5-10)14(21-13)9-16(18,19)20/h1-8,21H,9H2. The maximum absolute atomic E-state index is 12.8. The Hall–Kier alpha value is -1.75. The molecule has 21 heavy (non-hydrogen) atoms. The van der Waals surface area contributed by atoms with Gasteiger partial charge < -0.3 is 4.98 Å². The molecule has 1 nitrogen and oxygen atoms in total. The summed E-state index contributed by atoms with van der Waals surface area (Å²) in [4.78, 5) is 2.91. The molecule has 3 aromatic rings. The minimum absolute atomic E-state index is 0.196. The Kier molecular flexibility index (Phi) is 3.53. The van der Waals surface area contributed by atoms with Gasteiger partial charge in [0.05, 0.1) is 6.42 Å². The zero-order chi connectivity index (χ0) is 15.0. The number of hydrogen-bond acceptors (Lipinski definition) is 0. The Labute approximate surface area is 127 Å². The monoisotopic (exact) mass is 353 g/mol. The van der Waals surface area contributed by atoms with Crippen LogP contribution in [-0.2, 0) is 6.42 Å². The van der Waals surface area contributed by atoms with Crippen molar-refractivity contribution in [3.8, 4) is 11.1 Å². The van der Waals surface area contributed by atoms with Gasteiger partial charge in [-0.15, -0.1) is 0 Å². The molecule has 2 aromatic carbocycles. The van der Waals surface area contributed by atoms with E-state index < -0.39 is 12.6 Å². The Bertz CT molecular complexity index is 775. The van der Waals surface area contributed by atoms with Crippen molar-refractivity contribution in [2.24, 2.45) is 0 Å². The highest BCUT2D eigenvalue weighted by atomic mass is 79.9. The van der Waals surface area contributed by atoms with E-state index >= 15 is 0 Å². The van der Waals surface area contributed by atoms with Crippen LogP contribution in [0.4, 0.5) is 13.2 Å². The lowest BCUT2D eigenvalue weighted by molar-refractivity contribution is -0.127. The molecule has 3 rings (SSSR count). The van der Waals surface area contributed by atoms with Crippen LogP contribution in [0.15, 0.2) is 53.0 Å². The van der Waals surface area contributed by atoms with Gasteiger partial charge in [0.1, 0.15) is 0 Å². The number of alkyl halides is 3. The van der Waals surface area contributed by atoms with Crippen LogP contribution in [-0.4, -0.2) is 11.2 Å². The topological polar surface area (TPSA) is 15.8 Å². The molecule has 1 aromatic heterocycles. The second kappa shape index (κ2) is 5.22. The van der Waals surface area contributed by atoms with E-state index in [2.05, 4.69) is 20.9 Å². The van der Waals surface area contributed by atoms with E-state index in [0.29, 0.717) is 11.1 Å². The van der Waals surface area contributed by atoms with Crippen molar-refractivity contribution in [3.05, 3.63) is 58.7 Å². The van der Waals surface area contributed by atoms with E-state index in [1.54, 1.807) is 6.07 Å². The number of fused-ring (bicyclic) bond motifs is 1. The third kappa shape index (κ3) is 2.97. The van der Waals surface area contributed by atoms with Crippen LogP contribution >= 0.6 is 15.9 Å². The fraction of sp³-hybridized carbons (Fsp3) is 0.125. The minimum Gasteiger partial charge on any atom is -0.358 e. The Morgan fingerprint density at radius 1 is 1.00 bits per heavy atom. The lowest BCUT2D eigenvalue weighted by atomic mass is 10.0. The SMILES string of the molecule is FC(F)(F)Cc1[nH]c2ccc(Br)cc2c1-c1ccccc1. The molecule has 0 aliphatic rings. The van der Waals surface area contributed by atoms with Crippen molar-refractivity contribution in [1.29, 1.82) is 0 Å². The van der Waals surface area contributed by atoms with Crippen LogP contribution in [0.25, 0.3) is 22.0 Å². The molecule has 0 saturated carbocycles. The Balaban J connectivity index is 2.27. The molecular weight excluding hydrogens is 343 g/mol. The number of H-pyrrole nitrogens is 1. The van der Waals surface area contributed by atoms with Crippen LogP contribution < -0.4 is 0 Å². The molecule has 0 saturated heterocycles. The molecule has 0 unspecified atom stereocenters. The van der Waals surface area contributed by atoms with Crippen LogP contribution in [0.3, 0.4) is 0 Å². The van der Waals surface area contributed by atoms with Gasteiger partial charge in [-0.2, -0.15) is 13.2 Å². The smallest absolute Gasteiger partial charge is 0.358 e. The van der Waals surface area contributed by atoms with Gasteiger partial charge >= 0.3 is 6.18 Å². The Morgan fingerprint density at radius 2 is 1.71 bits per heavy atom. The number of nitrogens with one attached hydrogen (secondary N) is 1. The average Bonchev–Trinajstić information content (AvgIpc) is 2.74. The average molecular weight is 354 g/mol. The van der Waals surface area contributed by atoms with Gasteiger partial charge in [-0.05, 0) is 23.8 Å². The first-order valence-corrected chi connectivity index (χ1v) is 7.15. The lowest BCUT2D eigenvalue weighted by Gasteiger charge is -2.08. The van der Waals surface area contributed by atoms with Crippen molar-refractivity contribution < 1.29 is 13.2 Å². The van der Waals surface area contributed by atoms with Crippen molar-refractivity contribution in [3.63, 3.8) is 0 Å². The highest BCUT2D eigenvalue weighted by Crippen LogP contribution is 2.36. The molecule has 1 N–H and O–H groups in total. The normalized spacial score (nSPS) is 12.0. The summed E-state index contributed by atoms with van der Waals surface area (Å²) in [5.74, 6) is 0. The molecule has 0 atom stereocenters. The first-order valence-electron chi connectivity index (χ1n) is 6.36. The molecule has 108 valence electrons. The maximum atomic E-state index is 12.8. The van der Waals surface area contributed by atoms with Gasteiger partial charge in [0.15, 0.2) is 0 Å². The zero-order valence-corrected chi connectivity index (χ0v) is 12.4. The third-order valence-corrected chi connectivity index (χ3v) is 3.77. The fourth-order valence-electron chi connectivity index (χ4n) is 2.49. The molecular formula is C16H11BrF3N. The number of hydrogen-bond donors (Lipinski definition) is 1. The summed E-state index contributed by atoms with van der Waals surface area (Å²) in [6.07, 6.45) is -5.22. The summed E-state index contributed by atoms with van der Waals surface area (Å²) in [7, 11) is 0. The van der Waals surface area contributed by atoms with Gasteiger partial charge in [-0.3, -0.25) is 0 Å². The summed E-state index contributed by atoms with van der Waals surface area (Å²) in [5, 5.41) is 0.787. The number of halogens is 4. The van der Waals surface area contributed by atoms with E-state index in [1.807, 2.05) is 42.5 Å². The van der Waals surface area contributed by atoms with Gasteiger partial charge in [-0.25, -0.2) is 0 Å². The molecule has 0 bridgehead atoms. The van der Waals surface area contributed by atoms with E-state index in [1.165, 1.54) is 0 Å². The van der Waals surface area contributed by atoms with Crippen LogP contribution in [0.2, 0.25) is 0 Å². The fourth-order valence-corrected chi connectivity index (χ4v) is 2.85. The van der Waals surface area contributed by atoms with E-state index in [9.17, 15) is 13.2 Å². The van der Waals surface area contributed by atoms with E-state index in [-0.39, 0.29) is 5.69 Å². The molecule has 0 spiro atoms. The van der Waals surface area contributed by atoms with Crippen molar-refractivity contribution in [2.45, 2.75) is 12.6 Å². The van der Waals surface area contributed by atoms with Crippen LogP contribution in [0.1, 0.15) is 5.69 Å². The first kappa shape index (κ1) is 14.2. The molecule has 0 radical (unpaired) electrons. The molecule has 1 heterocycles. The maximum Gasteiger partial charge on any atom is 0.394 e. The van der Waals surface area contributed by atoms with Crippen molar-refractivity contribution >= 4 is 26.8 Å². The summed E-state index contributed by atoms with van der Waals surface area (Å²) in [5.41, 5.74) is 2.29. The lowest BCUT2D eigenvalue weighted by Crippen LogP contribution is -2.12. The minimum atomic E-state index is -4.25. The third-order valence-electron chi connectivity index (χ3n) is 3.28. The predicted octanol–water partition coefficient (Wildman–Crippen LogP) is 5.70. The van der Waals surface area contributed by atoms with Gasteiger partial charge in [-0.1, -0.05) is 46.3 Å². The summed E-state index contributed by atoms with van der Waals surface area (Å²) in [6.45, 7) is 0. The first-order chi connectivity index (χ1) is 9.94. The van der Waals surface area contributed by atoms with Gasteiger partial charge in [0.25, 0.3) is 0 Å². The quantitative estimate of drug-likeness (QED) is 0.607. The Morgan fingerprint density at radius 3 is 2.38 bits per heavy atom. The summed E-state index contributed by atoms with van der Waals surface area (Å²) in [6, 6.07) is 14.6. The highest BCUT2D eigenvalue weighted by Gasteiger charge is 2.30. The predicted molar refractivity (Wildman–Crippen MR) is 81.2 cm³/mol. The second-order valence-corrected chi connectivity index (χ2v) is 5.74. The molecule has 5 heteroatoms. The van der Waals surface area contributed by atoms with Gasteiger partial charge in [0.2, 0.25) is 0 Å². The largest absolute Gasteiger partial charge is 0.394 e. The van der Waals surface area contributed by atoms with Crippen molar-refractivity contribution in [2.75, 3.05) is 0 Å². The molecule has 0 fully saturated rings. The molecule has 0 aliphatic carbocycles. The van der Waals surface area contributed by atoms with E-state index in [0.717, 1.165) is 15.4 Å². The van der Waals surface area contributed by atoms with Crippen LogP contribution in [0, 0.1) is 0 Å². The summed E-state index contributed by atoms with van der Waals surface area (Å²) < 4.78 is 39.3. The molecule has 0 amide bonds. The number of aromatic amines is 1. The number of aromatic nitrogens is 1. The number of rotatable bonds is 2. The summed E-state index contributed by atoms with van der Waals surface area (Å²) >= 11 is 3.37. The zero-order valence-electron chi connectivity index (χ0n) is 10.8.